The highest BCUT2D eigenvalue weighted by molar-refractivity contribution is 5.94. The van der Waals surface area contributed by atoms with Crippen LogP contribution in [0.5, 0.6) is 11.5 Å². The van der Waals surface area contributed by atoms with Gasteiger partial charge in [0.25, 0.3) is 5.91 Å². The van der Waals surface area contributed by atoms with Crippen LogP contribution in [-0.2, 0) is 0 Å². The molecule has 0 heterocycles. The van der Waals surface area contributed by atoms with Gasteiger partial charge in [0.2, 0.25) is 0 Å². The number of benzene rings is 1. The van der Waals surface area contributed by atoms with Crippen LogP contribution < -0.4 is 10.1 Å². The third kappa shape index (κ3) is 3.96. The topological polar surface area (TPSA) is 78.8 Å². The van der Waals surface area contributed by atoms with Gasteiger partial charge in [0.05, 0.1) is 12.7 Å². The molecule has 0 aliphatic rings. The van der Waals surface area contributed by atoms with Crippen molar-refractivity contribution in [2.75, 3.05) is 13.7 Å². The van der Waals surface area contributed by atoms with Crippen LogP contribution in [0.4, 0.5) is 0 Å². The highest BCUT2D eigenvalue weighted by Crippen LogP contribution is 2.26. The molecule has 0 atom stereocenters. The number of phenolic OH excluding ortho intramolecular Hbond substituents is 1. The molecule has 1 rings (SSSR count). The molecule has 1 aromatic rings. The van der Waals surface area contributed by atoms with E-state index in [0.717, 1.165) is 0 Å². The summed E-state index contributed by atoms with van der Waals surface area (Å²) in [7, 11) is 1.43. The minimum atomic E-state index is -0.968. The van der Waals surface area contributed by atoms with Gasteiger partial charge in [0, 0.05) is 12.1 Å². The molecule has 5 heteroatoms. The lowest BCUT2D eigenvalue weighted by Crippen LogP contribution is -2.38. The van der Waals surface area contributed by atoms with Gasteiger partial charge in [-0.15, -0.1) is 0 Å². The van der Waals surface area contributed by atoms with Crippen LogP contribution >= 0.6 is 0 Å². The molecule has 0 saturated heterocycles. The normalized spacial score (nSPS) is 11.1. The van der Waals surface area contributed by atoms with E-state index in [1.807, 2.05) is 0 Å². The van der Waals surface area contributed by atoms with E-state index < -0.39 is 5.60 Å². The van der Waals surface area contributed by atoms with Gasteiger partial charge >= 0.3 is 0 Å². The van der Waals surface area contributed by atoms with Gasteiger partial charge in [-0.2, -0.15) is 0 Å². The highest BCUT2D eigenvalue weighted by Gasteiger charge is 2.15. The molecule has 0 fully saturated rings. The average molecular weight is 239 g/mol. The van der Waals surface area contributed by atoms with Crippen molar-refractivity contribution < 1.29 is 19.7 Å². The average Bonchev–Trinajstić information content (AvgIpc) is 2.24. The number of ether oxygens (including phenoxy) is 1. The van der Waals surface area contributed by atoms with Gasteiger partial charge in [-0.3, -0.25) is 4.79 Å². The van der Waals surface area contributed by atoms with Gasteiger partial charge in [0.1, 0.15) is 0 Å². The van der Waals surface area contributed by atoms with Gasteiger partial charge in [0.15, 0.2) is 11.5 Å². The Kier molecular flexibility index (Phi) is 3.96. The van der Waals surface area contributed by atoms with Crippen molar-refractivity contribution in [3.63, 3.8) is 0 Å². The monoisotopic (exact) mass is 239 g/mol. The van der Waals surface area contributed by atoms with Crippen LogP contribution in [-0.4, -0.2) is 35.4 Å². The zero-order valence-corrected chi connectivity index (χ0v) is 10.2. The molecule has 0 bridgehead atoms. The second kappa shape index (κ2) is 5.05. The van der Waals surface area contributed by atoms with Gasteiger partial charge < -0.3 is 20.3 Å². The molecular weight excluding hydrogens is 222 g/mol. The standard InChI is InChI=1S/C12H17NO4/c1-12(2,16)7-13-11(15)8-4-5-10(17-3)9(14)6-8/h4-6,14,16H,7H2,1-3H3,(H,13,15). The number of aromatic hydroxyl groups is 1. The fourth-order valence-electron chi connectivity index (χ4n) is 1.23. The second-order valence-corrected chi connectivity index (χ2v) is 4.38. The van der Waals surface area contributed by atoms with Crippen molar-refractivity contribution in [2.24, 2.45) is 0 Å². The Balaban J connectivity index is 2.73. The van der Waals surface area contributed by atoms with E-state index >= 15 is 0 Å². The molecule has 5 nitrogen and oxygen atoms in total. The molecule has 94 valence electrons. The first-order chi connectivity index (χ1) is 7.83. The van der Waals surface area contributed by atoms with Crippen LogP contribution in [0.2, 0.25) is 0 Å². The maximum Gasteiger partial charge on any atom is 0.251 e. The summed E-state index contributed by atoms with van der Waals surface area (Å²) in [6.45, 7) is 3.33. The molecule has 1 amide bonds. The summed E-state index contributed by atoms with van der Waals surface area (Å²) in [5, 5.41) is 21.5. The molecular formula is C12H17NO4. The van der Waals surface area contributed by atoms with Gasteiger partial charge in [-0.1, -0.05) is 0 Å². The Labute approximate surface area is 100 Å². The number of aliphatic hydroxyl groups is 1. The van der Waals surface area contributed by atoms with Gasteiger partial charge in [-0.25, -0.2) is 0 Å². The number of hydrogen-bond donors (Lipinski definition) is 3. The molecule has 0 saturated carbocycles. The summed E-state index contributed by atoms with van der Waals surface area (Å²) in [5.41, 5.74) is -0.656. The van der Waals surface area contributed by atoms with E-state index in [0.29, 0.717) is 11.3 Å². The largest absolute Gasteiger partial charge is 0.504 e. The first-order valence-electron chi connectivity index (χ1n) is 5.21. The number of phenols is 1. The van der Waals surface area contributed by atoms with Crippen LogP contribution in [0.3, 0.4) is 0 Å². The third-order valence-corrected chi connectivity index (χ3v) is 2.12. The number of nitrogens with one attached hydrogen (secondary N) is 1. The van der Waals surface area contributed by atoms with E-state index in [1.165, 1.54) is 25.3 Å². The summed E-state index contributed by atoms with van der Waals surface area (Å²) in [6, 6.07) is 4.37. The summed E-state index contributed by atoms with van der Waals surface area (Å²) < 4.78 is 4.87. The van der Waals surface area contributed by atoms with E-state index in [-0.39, 0.29) is 18.2 Å². The van der Waals surface area contributed by atoms with Crippen molar-refractivity contribution in [2.45, 2.75) is 19.4 Å². The number of rotatable bonds is 4. The third-order valence-electron chi connectivity index (χ3n) is 2.12. The van der Waals surface area contributed by atoms with Crippen molar-refractivity contribution in [1.29, 1.82) is 0 Å². The zero-order valence-electron chi connectivity index (χ0n) is 10.2. The number of amides is 1. The molecule has 0 aliphatic heterocycles. The fourth-order valence-corrected chi connectivity index (χ4v) is 1.23. The van der Waals surface area contributed by atoms with Crippen molar-refractivity contribution >= 4 is 5.91 Å². The van der Waals surface area contributed by atoms with E-state index in [4.69, 9.17) is 4.74 Å². The Morgan fingerprint density at radius 3 is 2.59 bits per heavy atom. The molecule has 0 aromatic heterocycles. The summed E-state index contributed by atoms with van der Waals surface area (Å²) in [4.78, 5) is 11.7. The lowest BCUT2D eigenvalue weighted by Gasteiger charge is -2.17. The second-order valence-electron chi connectivity index (χ2n) is 4.38. The predicted molar refractivity (Wildman–Crippen MR) is 63.3 cm³/mol. The lowest BCUT2D eigenvalue weighted by atomic mass is 10.1. The number of carbonyl (C=O) groups is 1. The summed E-state index contributed by atoms with van der Waals surface area (Å²) in [6.07, 6.45) is 0. The zero-order chi connectivity index (χ0) is 13.1. The Morgan fingerprint density at radius 1 is 1.47 bits per heavy atom. The van der Waals surface area contributed by atoms with Crippen molar-refractivity contribution in [3.8, 4) is 11.5 Å². The molecule has 1 aromatic carbocycles. The smallest absolute Gasteiger partial charge is 0.251 e. The molecule has 0 spiro atoms. The van der Waals surface area contributed by atoms with E-state index in [9.17, 15) is 15.0 Å². The Morgan fingerprint density at radius 2 is 2.12 bits per heavy atom. The summed E-state index contributed by atoms with van der Waals surface area (Å²) >= 11 is 0. The van der Waals surface area contributed by atoms with Crippen molar-refractivity contribution in [3.05, 3.63) is 23.8 Å². The van der Waals surface area contributed by atoms with Crippen molar-refractivity contribution in [1.82, 2.24) is 5.32 Å². The van der Waals surface area contributed by atoms with Crippen LogP contribution in [0.15, 0.2) is 18.2 Å². The maximum absolute atomic E-state index is 11.7. The van der Waals surface area contributed by atoms with E-state index in [1.54, 1.807) is 13.8 Å². The van der Waals surface area contributed by atoms with E-state index in [2.05, 4.69) is 5.32 Å². The SMILES string of the molecule is COc1ccc(C(=O)NCC(C)(C)O)cc1O. The number of methoxy groups -OCH3 is 1. The highest BCUT2D eigenvalue weighted by atomic mass is 16.5. The molecule has 3 N–H and O–H groups in total. The first-order valence-corrected chi connectivity index (χ1v) is 5.21. The Hall–Kier alpha value is -1.75. The lowest BCUT2D eigenvalue weighted by molar-refractivity contribution is 0.0694. The molecule has 17 heavy (non-hydrogen) atoms. The van der Waals surface area contributed by atoms with Crippen LogP contribution in [0.1, 0.15) is 24.2 Å². The molecule has 0 aliphatic carbocycles. The summed E-state index contributed by atoms with van der Waals surface area (Å²) in [5.74, 6) is -0.141. The Bertz CT molecular complexity index is 409. The predicted octanol–water partition coefficient (Wildman–Crippen LogP) is 0.901. The van der Waals surface area contributed by atoms with Crippen LogP contribution in [0.25, 0.3) is 0 Å². The number of hydrogen-bond acceptors (Lipinski definition) is 4. The number of carbonyl (C=O) groups excluding carboxylic acids is 1. The minimum Gasteiger partial charge on any atom is -0.504 e. The molecule has 0 unspecified atom stereocenters. The van der Waals surface area contributed by atoms with Gasteiger partial charge in [-0.05, 0) is 32.0 Å². The fraction of sp³-hybridized carbons (Fsp3) is 0.417. The van der Waals surface area contributed by atoms with Crippen LogP contribution in [0, 0.1) is 0 Å². The maximum atomic E-state index is 11.7. The minimum absolute atomic E-state index is 0.0941. The first kappa shape index (κ1) is 13.3. The molecule has 0 radical (unpaired) electrons. The quantitative estimate of drug-likeness (QED) is 0.729.